The summed E-state index contributed by atoms with van der Waals surface area (Å²) in [4.78, 5) is 26.2. The highest BCUT2D eigenvalue weighted by Crippen LogP contribution is 2.45. The number of esters is 1. The zero-order chi connectivity index (χ0) is 27.0. The Labute approximate surface area is 217 Å². The summed E-state index contributed by atoms with van der Waals surface area (Å²) in [7, 11) is 0. The molecule has 0 amide bonds. The van der Waals surface area contributed by atoms with E-state index in [1.807, 2.05) is 20.8 Å². The number of aryl methyl sites for hydroxylation is 1. The highest BCUT2D eigenvalue weighted by Gasteiger charge is 2.53. The van der Waals surface area contributed by atoms with Crippen LogP contribution < -0.4 is 4.73 Å². The van der Waals surface area contributed by atoms with E-state index in [4.69, 9.17) is 9.47 Å². The fourth-order valence-corrected chi connectivity index (χ4v) is 5.79. The number of ether oxygens (including phenoxy) is 2. The topological polar surface area (TPSA) is 123 Å². The number of fused-ring (bicyclic) bond motifs is 1. The van der Waals surface area contributed by atoms with Gasteiger partial charge in [0.25, 0.3) is 0 Å². The van der Waals surface area contributed by atoms with Crippen molar-refractivity contribution in [3.8, 4) is 0 Å². The maximum Gasteiger partial charge on any atom is 0.309 e. The number of hydrogen-bond acceptors (Lipinski definition) is 8. The van der Waals surface area contributed by atoms with Gasteiger partial charge in [-0.05, 0) is 38.2 Å². The van der Waals surface area contributed by atoms with Crippen LogP contribution in [0.5, 0.6) is 0 Å². The minimum atomic E-state index is -1.27. The van der Waals surface area contributed by atoms with Gasteiger partial charge in [0.2, 0.25) is 10.7 Å². The SMILES string of the molecule is CC(=Cc1csc(C)[n+]1[O-])[C@@H]1CC2O[C@]2(C)CCC[C@H](C)[C@H](O)[C@@H](C)C(=O)C(C)(C)[C@@H](O)CC(=O)O1. The van der Waals surface area contributed by atoms with Crippen molar-refractivity contribution >= 4 is 29.2 Å². The zero-order valence-corrected chi connectivity index (χ0v) is 23.3. The van der Waals surface area contributed by atoms with Crippen molar-refractivity contribution in [1.82, 2.24) is 0 Å². The van der Waals surface area contributed by atoms with Crippen LogP contribution in [-0.2, 0) is 19.1 Å². The van der Waals surface area contributed by atoms with E-state index in [9.17, 15) is 25.0 Å². The number of thiazole rings is 1. The molecular formula is C27H41NO7S. The second-order valence-electron chi connectivity index (χ2n) is 11.5. The minimum Gasteiger partial charge on any atom is -0.617 e. The molecule has 2 aliphatic rings. The van der Waals surface area contributed by atoms with E-state index >= 15 is 0 Å². The Kier molecular flexibility index (Phi) is 8.70. The molecule has 2 N–H and O–H groups in total. The summed E-state index contributed by atoms with van der Waals surface area (Å²) >= 11 is 1.35. The maximum atomic E-state index is 13.2. The van der Waals surface area contributed by atoms with Crippen molar-refractivity contribution in [2.75, 3.05) is 0 Å². The molecule has 2 aliphatic heterocycles. The Morgan fingerprint density at radius 3 is 2.53 bits per heavy atom. The molecule has 0 radical (unpaired) electrons. The van der Waals surface area contributed by atoms with Crippen LogP contribution in [-0.4, -0.2) is 52.0 Å². The van der Waals surface area contributed by atoms with Crippen molar-refractivity contribution in [2.24, 2.45) is 17.3 Å². The Morgan fingerprint density at radius 2 is 1.92 bits per heavy atom. The Morgan fingerprint density at radius 1 is 1.25 bits per heavy atom. The second kappa shape index (κ2) is 10.9. The zero-order valence-electron chi connectivity index (χ0n) is 22.4. The number of rotatable bonds is 2. The van der Waals surface area contributed by atoms with Gasteiger partial charge in [0.05, 0.1) is 41.1 Å². The van der Waals surface area contributed by atoms with Crippen LogP contribution in [0.15, 0.2) is 11.0 Å². The lowest BCUT2D eigenvalue weighted by Gasteiger charge is -2.34. The van der Waals surface area contributed by atoms with Gasteiger partial charge >= 0.3 is 5.97 Å². The molecular weight excluding hydrogens is 482 g/mol. The molecule has 0 aromatic carbocycles. The van der Waals surface area contributed by atoms with Crippen LogP contribution in [0.1, 0.15) is 84.3 Å². The molecule has 1 aromatic rings. The summed E-state index contributed by atoms with van der Waals surface area (Å²) in [6.45, 7) is 12.4. The number of Topliss-reactive ketones (excluding diaryl/α,β-unsaturated/α-hetero) is 1. The number of ketones is 1. The molecule has 3 heterocycles. The summed E-state index contributed by atoms with van der Waals surface area (Å²) in [6, 6.07) is 0. The summed E-state index contributed by atoms with van der Waals surface area (Å²) in [5.41, 5.74) is -0.407. The van der Waals surface area contributed by atoms with Gasteiger partial charge in [-0.25, -0.2) is 0 Å². The summed E-state index contributed by atoms with van der Waals surface area (Å²) < 4.78 is 12.7. The molecule has 8 nitrogen and oxygen atoms in total. The monoisotopic (exact) mass is 523 g/mol. The highest BCUT2D eigenvalue weighted by atomic mass is 32.1. The van der Waals surface area contributed by atoms with Gasteiger partial charge in [-0.15, -0.1) is 0 Å². The number of carbonyl (C=O) groups excluding carboxylic acids is 2. The number of aliphatic hydroxyl groups is 2. The first kappa shape index (κ1) is 28.8. The Balaban J connectivity index is 1.88. The first-order chi connectivity index (χ1) is 16.7. The normalized spacial score (nSPS) is 36.8. The van der Waals surface area contributed by atoms with Crippen molar-refractivity contribution in [2.45, 2.75) is 111 Å². The number of nitrogens with zero attached hydrogens (tertiary/aromatic N) is 1. The predicted octanol–water partition coefficient (Wildman–Crippen LogP) is 3.72. The van der Waals surface area contributed by atoms with Crippen LogP contribution in [0.25, 0.3) is 6.08 Å². The molecule has 0 spiro atoms. The van der Waals surface area contributed by atoms with Crippen molar-refractivity contribution in [3.05, 3.63) is 26.9 Å². The van der Waals surface area contributed by atoms with Crippen molar-refractivity contribution in [1.29, 1.82) is 0 Å². The number of carbonyl (C=O) groups is 2. The number of hydrogen-bond donors (Lipinski definition) is 2. The van der Waals surface area contributed by atoms with E-state index in [0.29, 0.717) is 22.7 Å². The second-order valence-corrected chi connectivity index (χ2v) is 12.5. The lowest BCUT2D eigenvalue weighted by molar-refractivity contribution is -0.608. The third kappa shape index (κ3) is 6.18. The van der Waals surface area contributed by atoms with Crippen LogP contribution in [0.4, 0.5) is 0 Å². The van der Waals surface area contributed by atoms with E-state index in [0.717, 1.165) is 24.0 Å². The van der Waals surface area contributed by atoms with E-state index < -0.39 is 35.6 Å². The average Bonchev–Trinajstić information content (AvgIpc) is 3.34. The molecule has 36 heavy (non-hydrogen) atoms. The molecule has 7 atom stereocenters. The van der Waals surface area contributed by atoms with E-state index in [-0.39, 0.29) is 29.8 Å². The average molecular weight is 524 g/mol. The summed E-state index contributed by atoms with van der Waals surface area (Å²) in [6.07, 6.45) is 1.29. The molecule has 2 saturated heterocycles. The predicted molar refractivity (Wildman–Crippen MR) is 137 cm³/mol. The van der Waals surface area contributed by atoms with Crippen LogP contribution in [0.3, 0.4) is 0 Å². The van der Waals surface area contributed by atoms with E-state index in [1.165, 1.54) is 11.3 Å². The number of cyclic esters (lactones) is 1. The third-order valence-corrected chi connectivity index (χ3v) is 9.03. The minimum absolute atomic E-state index is 0.0960. The molecule has 0 bridgehead atoms. The lowest BCUT2D eigenvalue weighted by atomic mass is 9.73. The molecule has 1 unspecified atom stereocenters. The first-order valence-corrected chi connectivity index (χ1v) is 13.7. The van der Waals surface area contributed by atoms with Gasteiger partial charge < -0.3 is 24.9 Å². The number of aliphatic hydroxyl groups excluding tert-OH is 2. The Hall–Kier alpha value is -1.81. The van der Waals surface area contributed by atoms with Gasteiger partial charge in [0.15, 0.2) is 0 Å². The molecule has 0 aliphatic carbocycles. The highest BCUT2D eigenvalue weighted by molar-refractivity contribution is 7.09. The molecule has 202 valence electrons. The molecule has 2 fully saturated rings. The van der Waals surface area contributed by atoms with Gasteiger partial charge in [-0.2, -0.15) is 4.73 Å². The Bertz CT molecular complexity index is 1000. The largest absolute Gasteiger partial charge is 0.617 e. The van der Waals surface area contributed by atoms with Gasteiger partial charge in [0.1, 0.15) is 11.9 Å². The van der Waals surface area contributed by atoms with E-state index in [1.54, 1.807) is 39.2 Å². The van der Waals surface area contributed by atoms with Crippen LogP contribution in [0.2, 0.25) is 0 Å². The summed E-state index contributed by atoms with van der Waals surface area (Å²) in [5.74, 6) is -1.69. The molecule has 9 heteroatoms. The standard InChI is InChI=1S/C27H41NO7S/c1-15-9-8-10-27(7)22(35-27)12-20(16(2)11-19-14-36-18(4)28(19)33)34-23(30)13-21(29)26(5,6)25(32)17(3)24(15)31/h11,14-15,17,20-22,24,29,31H,8-10,12-13H2,1-7H3/t15-,17+,20-,21-,22?,24-,27+/m0/s1. The molecule has 3 rings (SSSR count). The van der Waals surface area contributed by atoms with Crippen LogP contribution >= 0.6 is 11.3 Å². The van der Waals surface area contributed by atoms with Gasteiger partial charge in [-0.3, -0.25) is 9.59 Å². The van der Waals surface area contributed by atoms with Gasteiger partial charge in [0, 0.05) is 25.3 Å². The molecule has 1 aromatic heterocycles. The fourth-order valence-electron chi connectivity index (χ4n) is 5.14. The smallest absolute Gasteiger partial charge is 0.309 e. The summed E-state index contributed by atoms with van der Waals surface area (Å²) in [5, 5.41) is 36.4. The fraction of sp³-hybridized carbons (Fsp3) is 0.741. The third-order valence-electron chi connectivity index (χ3n) is 8.16. The van der Waals surface area contributed by atoms with Crippen molar-refractivity contribution in [3.63, 3.8) is 0 Å². The first-order valence-electron chi connectivity index (χ1n) is 12.8. The van der Waals surface area contributed by atoms with Crippen LogP contribution in [0, 0.1) is 29.4 Å². The van der Waals surface area contributed by atoms with Crippen molar-refractivity contribution < 1.29 is 34.0 Å². The molecule has 0 saturated carbocycles. The number of aromatic nitrogens is 1. The lowest BCUT2D eigenvalue weighted by Crippen LogP contribution is -2.45. The van der Waals surface area contributed by atoms with Gasteiger partial charge in [-0.1, -0.05) is 45.5 Å². The maximum absolute atomic E-state index is 13.2. The quantitative estimate of drug-likeness (QED) is 0.262. The van der Waals surface area contributed by atoms with E-state index in [2.05, 4.69) is 0 Å². The number of epoxide rings is 1.